The summed E-state index contributed by atoms with van der Waals surface area (Å²) in [5, 5.41) is 5.45. The maximum atomic E-state index is 12.1. The number of para-hydroxylation sites is 2. The monoisotopic (exact) mass is 370 g/mol. The first kappa shape index (κ1) is 20.3. The molecule has 2 aromatic carbocycles. The van der Waals surface area contributed by atoms with Crippen LogP contribution < -0.4 is 15.4 Å². The highest BCUT2D eigenvalue weighted by atomic mass is 16.5. The van der Waals surface area contributed by atoms with E-state index in [0.717, 1.165) is 18.6 Å². The molecule has 0 aliphatic heterocycles. The van der Waals surface area contributed by atoms with E-state index < -0.39 is 5.97 Å². The highest BCUT2D eigenvalue weighted by Gasteiger charge is 2.14. The van der Waals surface area contributed by atoms with Crippen molar-refractivity contribution in [1.29, 1.82) is 0 Å². The van der Waals surface area contributed by atoms with E-state index in [4.69, 9.17) is 9.47 Å². The number of nitrogens with one attached hydrogen (secondary N) is 2. The van der Waals surface area contributed by atoms with Gasteiger partial charge in [-0.1, -0.05) is 43.7 Å². The minimum absolute atomic E-state index is 0.344. The van der Waals surface area contributed by atoms with Crippen LogP contribution in [0.15, 0.2) is 54.6 Å². The van der Waals surface area contributed by atoms with Crippen molar-refractivity contribution in [2.24, 2.45) is 0 Å². The van der Waals surface area contributed by atoms with Crippen LogP contribution >= 0.6 is 0 Å². The van der Waals surface area contributed by atoms with Crippen LogP contribution in [0.2, 0.25) is 0 Å². The van der Waals surface area contributed by atoms with Gasteiger partial charge in [0.05, 0.1) is 24.5 Å². The number of benzene rings is 2. The average Bonchev–Trinajstić information content (AvgIpc) is 2.69. The number of hydrogen-bond acceptors (Lipinski definition) is 4. The fourth-order valence-electron chi connectivity index (χ4n) is 2.30. The van der Waals surface area contributed by atoms with Crippen molar-refractivity contribution in [1.82, 2.24) is 5.32 Å². The fraction of sp³-hybridized carbons (Fsp3) is 0.333. The Balaban J connectivity index is 1.74. The molecule has 27 heavy (non-hydrogen) atoms. The normalized spacial score (nSPS) is 10.1. The van der Waals surface area contributed by atoms with E-state index >= 15 is 0 Å². The van der Waals surface area contributed by atoms with E-state index in [0.29, 0.717) is 37.4 Å². The van der Waals surface area contributed by atoms with Gasteiger partial charge in [0.2, 0.25) is 0 Å². The van der Waals surface area contributed by atoms with Gasteiger partial charge in [-0.3, -0.25) is 0 Å². The molecule has 0 fully saturated rings. The largest absolute Gasteiger partial charge is 0.494 e. The number of carbonyl (C=O) groups excluding carboxylic acids is 2. The molecule has 2 rings (SSSR count). The molecule has 2 aromatic rings. The summed E-state index contributed by atoms with van der Waals surface area (Å²) in [5.41, 5.74) is 0.771. The molecule has 0 saturated heterocycles. The van der Waals surface area contributed by atoms with Crippen LogP contribution in [0, 0.1) is 0 Å². The highest BCUT2D eigenvalue weighted by molar-refractivity contribution is 6.00. The number of carbonyl (C=O) groups is 2. The van der Waals surface area contributed by atoms with Crippen LogP contribution in [-0.4, -0.2) is 31.8 Å². The van der Waals surface area contributed by atoms with E-state index in [9.17, 15) is 9.59 Å². The molecule has 0 aliphatic rings. The molecule has 0 bridgehead atoms. The molecule has 6 nitrogen and oxygen atoms in total. The van der Waals surface area contributed by atoms with Crippen molar-refractivity contribution in [2.45, 2.75) is 26.2 Å². The summed E-state index contributed by atoms with van der Waals surface area (Å²) in [6, 6.07) is 15.9. The minimum atomic E-state index is -0.435. The van der Waals surface area contributed by atoms with Gasteiger partial charge in [0.15, 0.2) is 0 Å². The van der Waals surface area contributed by atoms with Gasteiger partial charge in [-0.25, -0.2) is 9.59 Å². The molecule has 0 aromatic heterocycles. The number of urea groups is 1. The summed E-state index contributed by atoms with van der Waals surface area (Å²) in [5.74, 6) is 0.369. The second-order valence-electron chi connectivity index (χ2n) is 5.93. The summed E-state index contributed by atoms with van der Waals surface area (Å²) in [6.45, 7) is 3.36. The lowest BCUT2D eigenvalue weighted by atomic mass is 10.2. The number of unbranched alkanes of at least 4 members (excludes halogenated alkanes) is 1. The third kappa shape index (κ3) is 7.40. The molecule has 6 heteroatoms. The zero-order valence-corrected chi connectivity index (χ0v) is 15.6. The number of esters is 1. The standard InChI is InChI=1S/C21H26N2O4/c1-2-3-15-27-20(24)18-12-7-8-13-19(18)23-21(25)22-14-9-16-26-17-10-5-4-6-11-17/h4-8,10-13H,2-3,9,14-16H2,1H3,(H2,22,23,25). The number of hydrogen-bond donors (Lipinski definition) is 2. The fourth-order valence-corrected chi connectivity index (χ4v) is 2.30. The van der Waals surface area contributed by atoms with Crippen LogP contribution in [0.25, 0.3) is 0 Å². The van der Waals surface area contributed by atoms with Crippen molar-refractivity contribution < 1.29 is 19.1 Å². The third-order valence-corrected chi connectivity index (χ3v) is 3.74. The minimum Gasteiger partial charge on any atom is -0.494 e. The Bertz CT molecular complexity index is 719. The number of ether oxygens (including phenoxy) is 2. The van der Waals surface area contributed by atoms with Gasteiger partial charge < -0.3 is 20.1 Å². The molecule has 0 aliphatic carbocycles. The lowest BCUT2D eigenvalue weighted by molar-refractivity contribution is 0.0501. The molecule has 2 amide bonds. The van der Waals surface area contributed by atoms with Crippen LogP contribution in [0.1, 0.15) is 36.5 Å². The van der Waals surface area contributed by atoms with Gasteiger partial charge in [0, 0.05) is 6.54 Å². The Kier molecular flexibility index (Phi) is 8.69. The predicted octanol–water partition coefficient (Wildman–Crippen LogP) is 4.23. The Morgan fingerprint density at radius 3 is 2.44 bits per heavy atom. The average molecular weight is 370 g/mol. The van der Waals surface area contributed by atoms with E-state index in [2.05, 4.69) is 10.6 Å². The summed E-state index contributed by atoms with van der Waals surface area (Å²) < 4.78 is 10.8. The van der Waals surface area contributed by atoms with E-state index in [-0.39, 0.29) is 6.03 Å². The van der Waals surface area contributed by atoms with Gasteiger partial charge in [-0.15, -0.1) is 0 Å². The zero-order chi connectivity index (χ0) is 19.3. The quantitative estimate of drug-likeness (QED) is 0.485. The molecular formula is C21H26N2O4. The maximum absolute atomic E-state index is 12.1. The summed E-state index contributed by atoms with van der Waals surface area (Å²) >= 11 is 0. The van der Waals surface area contributed by atoms with Crippen molar-refractivity contribution in [3.05, 3.63) is 60.2 Å². The Morgan fingerprint density at radius 1 is 0.926 bits per heavy atom. The van der Waals surface area contributed by atoms with E-state index in [1.165, 1.54) is 0 Å². The first-order chi connectivity index (χ1) is 13.2. The molecule has 0 heterocycles. The number of anilines is 1. The number of amides is 2. The highest BCUT2D eigenvalue weighted by Crippen LogP contribution is 2.16. The van der Waals surface area contributed by atoms with Crippen molar-refractivity contribution in [3.63, 3.8) is 0 Å². The lowest BCUT2D eigenvalue weighted by Gasteiger charge is -2.12. The SMILES string of the molecule is CCCCOC(=O)c1ccccc1NC(=O)NCCCOc1ccccc1. The van der Waals surface area contributed by atoms with Gasteiger partial charge in [-0.05, 0) is 37.1 Å². The lowest BCUT2D eigenvalue weighted by Crippen LogP contribution is -2.31. The Morgan fingerprint density at radius 2 is 1.67 bits per heavy atom. The smallest absolute Gasteiger partial charge is 0.340 e. The number of rotatable bonds is 10. The Labute approximate surface area is 159 Å². The van der Waals surface area contributed by atoms with Gasteiger partial charge in [0.25, 0.3) is 0 Å². The molecular weight excluding hydrogens is 344 g/mol. The molecule has 0 unspecified atom stereocenters. The molecule has 144 valence electrons. The molecule has 2 N–H and O–H groups in total. The maximum Gasteiger partial charge on any atom is 0.340 e. The Hall–Kier alpha value is -3.02. The van der Waals surface area contributed by atoms with Crippen molar-refractivity contribution in [3.8, 4) is 5.75 Å². The van der Waals surface area contributed by atoms with Crippen LogP contribution in [0.5, 0.6) is 5.75 Å². The van der Waals surface area contributed by atoms with Gasteiger partial charge in [0.1, 0.15) is 5.75 Å². The molecule has 0 spiro atoms. The second kappa shape index (κ2) is 11.6. The molecule has 0 atom stereocenters. The first-order valence-corrected chi connectivity index (χ1v) is 9.19. The van der Waals surface area contributed by atoms with Crippen molar-refractivity contribution in [2.75, 3.05) is 25.1 Å². The molecule has 0 radical (unpaired) electrons. The summed E-state index contributed by atoms with van der Waals surface area (Å²) in [6.07, 6.45) is 2.43. The van der Waals surface area contributed by atoms with E-state index in [1.807, 2.05) is 37.3 Å². The zero-order valence-electron chi connectivity index (χ0n) is 15.6. The van der Waals surface area contributed by atoms with Gasteiger partial charge >= 0.3 is 12.0 Å². The summed E-state index contributed by atoms with van der Waals surface area (Å²) in [7, 11) is 0. The predicted molar refractivity (Wildman–Crippen MR) is 105 cm³/mol. The second-order valence-corrected chi connectivity index (χ2v) is 5.93. The van der Waals surface area contributed by atoms with Crippen molar-refractivity contribution >= 4 is 17.7 Å². The van der Waals surface area contributed by atoms with Crippen LogP contribution in [-0.2, 0) is 4.74 Å². The van der Waals surface area contributed by atoms with Gasteiger partial charge in [-0.2, -0.15) is 0 Å². The summed E-state index contributed by atoms with van der Waals surface area (Å²) in [4.78, 5) is 24.2. The first-order valence-electron chi connectivity index (χ1n) is 9.19. The third-order valence-electron chi connectivity index (χ3n) is 3.74. The molecule has 0 saturated carbocycles. The topological polar surface area (TPSA) is 76.7 Å². The van der Waals surface area contributed by atoms with Crippen LogP contribution in [0.4, 0.5) is 10.5 Å². The van der Waals surface area contributed by atoms with Crippen LogP contribution in [0.3, 0.4) is 0 Å². The van der Waals surface area contributed by atoms with E-state index in [1.54, 1.807) is 24.3 Å².